The van der Waals surface area contributed by atoms with Crippen molar-refractivity contribution >= 4 is 11.8 Å². The Balaban J connectivity index is 1.62. The van der Waals surface area contributed by atoms with Gasteiger partial charge in [0.25, 0.3) is 11.8 Å². The first kappa shape index (κ1) is 25.2. The largest absolute Gasteiger partial charge is 0.419 e. The molecule has 0 bridgehead atoms. The SMILES string of the molecule is CCC[C@H](NC(=O)c1cc(C(=O)N2CCC[C@@H]2C)n2c1COCC2)c1ccc(C(F)(F)F)c(F)c1. The lowest BCUT2D eigenvalue weighted by molar-refractivity contribution is -0.140. The molecule has 6 nitrogen and oxygen atoms in total. The molecule has 1 saturated heterocycles. The summed E-state index contributed by atoms with van der Waals surface area (Å²) < 4.78 is 60.5. The number of benzene rings is 1. The van der Waals surface area contributed by atoms with E-state index >= 15 is 0 Å². The van der Waals surface area contributed by atoms with Gasteiger partial charge in [0.2, 0.25) is 0 Å². The molecule has 0 spiro atoms. The monoisotopic (exact) mass is 495 g/mol. The molecule has 4 rings (SSSR count). The summed E-state index contributed by atoms with van der Waals surface area (Å²) in [5.41, 5.74) is 0.194. The van der Waals surface area contributed by atoms with Crippen LogP contribution in [0.4, 0.5) is 17.6 Å². The van der Waals surface area contributed by atoms with Gasteiger partial charge in [0.05, 0.1) is 36.1 Å². The van der Waals surface area contributed by atoms with E-state index in [-0.39, 0.29) is 29.7 Å². The number of alkyl halides is 3. The number of amides is 2. The van der Waals surface area contributed by atoms with Gasteiger partial charge < -0.3 is 19.5 Å². The summed E-state index contributed by atoms with van der Waals surface area (Å²) in [6.07, 6.45) is -1.92. The van der Waals surface area contributed by atoms with Crippen LogP contribution in [0.1, 0.15) is 83.2 Å². The maximum Gasteiger partial charge on any atom is 0.419 e. The van der Waals surface area contributed by atoms with E-state index in [0.717, 1.165) is 18.9 Å². The molecule has 0 unspecified atom stereocenters. The number of hydrogen-bond donors (Lipinski definition) is 1. The van der Waals surface area contributed by atoms with Crippen LogP contribution in [0.5, 0.6) is 0 Å². The van der Waals surface area contributed by atoms with Crippen molar-refractivity contribution in [3.63, 3.8) is 0 Å². The average molecular weight is 496 g/mol. The number of fused-ring (bicyclic) bond motifs is 1. The van der Waals surface area contributed by atoms with Crippen LogP contribution in [0.25, 0.3) is 0 Å². The topological polar surface area (TPSA) is 63.6 Å². The van der Waals surface area contributed by atoms with E-state index in [2.05, 4.69) is 5.32 Å². The fourth-order valence-corrected chi connectivity index (χ4v) is 4.91. The third kappa shape index (κ3) is 5.07. The quantitative estimate of drug-likeness (QED) is 0.569. The smallest absolute Gasteiger partial charge is 0.373 e. The van der Waals surface area contributed by atoms with Crippen molar-refractivity contribution < 1.29 is 31.9 Å². The molecule has 190 valence electrons. The zero-order chi connectivity index (χ0) is 25.3. The van der Waals surface area contributed by atoms with Gasteiger partial charge in [0.1, 0.15) is 11.5 Å². The standard InChI is InChI=1S/C25H29F4N3O3/c1-3-5-20(16-7-8-18(19(26)12-16)25(27,28)29)30-23(33)17-13-21(32-10-11-35-14-22(17)32)24(34)31-9-4-6-15(31)2/h7-8,12-13,15,20H,3-6,9-11,14H2,1-2H3,(H,30,33)/t15-,20-/m0/s1. The summed E-state index contributed by atoms with van der Waals surface area (Å²) in [4.78, 5) is 28.4. The van der Waals surface area contributed by atoms with Gasteiger partial charge in [0.15, 0.2) is 0 Å². The molecule has 2 aliphatic heterocycles. The minimum absolute atomic E-state index is 0.120. The lowest BCUT2D eigenvalue weighted by Crippen LogP contribution is -2.35. The maximum absolute atomic E-state index is 14.2. The summed E-state index contributed by atoms with van der Waals surface area (Å²) in [7, 11) is 0. The van der Waals surface area contributed by atoms with Gasteiger partial charge in [-0.2, -0.15) is 13.2 Å². The van der Waals surface area contributed by atoms with E-state index in [4.69, 9.17) is 4.74 Å². The number of aromatic nitrogens is 1. The molecule has 10 heteroatoms. The number of ether oxygens (including phenoxy) is 1. The molecule has 1 fully saturated rings. The lowest BCUT2D eigenvalue weighted by atomic mass is 9.99. The van der Waals surface area contributed by atoms with Crippen LogP contribution < -0.4 is 5.32 Å². The molecule has 2 aliphatic rings. The number of carbonyl (C=O) groups excluding carboxylic acids is 2. The van der Waals surface area contributed by atoms with E-state index in [9.17, 15) is 27.2 Å². The first-order valence-electron chi connectivity index (χ1n) is 11.9. The fourth-order valence-electron chi connectivity index (χ4n) is 4.91. The number of carbonyl (C=O) groups is 2. The fraction of sp³-hybridized carbons (Fsp3) is 0.520. The molecular weight excluding hydrogens is 466 g/mol. The zero-order valence-corrected chi connectivity index (χ0v) is 19.8. The molecular formula is C25H29F4N3O3. The van der Waals surface area contributed by atoms with Crippen molar-refractivity contribution in [2.24, 2.45) is 0 Å². The van der Waals surface area contributed by atoms with Crippen molar-refractivity contribution in [2.45, 2.75) is 70.9 Å². The number of nitrogens with one attached hydrogen (secondary N) is 1. The van der Waals surface area contributed by atoms with Crippen molar-refractivity contribution in [2.75, 3.05) is 13.2 Å². The van der Waals surface area contributed by atoms with E-state index in [1.807, 2.05) is 23.3 Å². The highest BCUT2D eigenvalue weighted by Gasteiger charge is 2.35. The summed E-state index contributed by atoms with van der Waals surface area (Å²) >= 11 is 0. The molecule has 0 aliphatic carbocycles. The third-order valence-corrected chi connectivity index (χ3v) is 6.77. The predicted octanol–water partition coefficient (Wildman–Crippen LogP) is 5.07. The molecule has 2 amide bonds. The van der Waals surface area contributed by atoms with Gasteiger partial charge in [0, 0.05) is 19.1 Å². The second-order valence-electron chi connectivity index (χ2n) is 9.14. The Morgan fingerprint density at radius 1 is 1.23 bits per heavy atom. The molecule has 1 aromatic carbocycles. The average Bonchev–Trinajstić information content (AvgIpc) is 3.41. The molecule has 2 atom stereocenters. The molecule has 35 heavy (non-hydrogen) atoms. The Labute approximate surface area is 201 Å². The maximum atomic E-state index is 14.2. The van der Waals surface area contributed by atoms with Crippen molar-refractivity contribution in [3.05, 3.63) is 58.2 Å². The van der Waals surface area contributed by atoms with E-state index < -0.39 is 29.5 Å². The lowest BCUT2D eigenvalue weighted by Gasteiger charge is -2.24. The van der Waals surface area contributed by atoms with E-state index in [0.29, 0.717) is 50.0 Å². The van der Waals surface area contributed by atoms with Crippen LogP contribution in [0.15, 0.2) is 24.3 Å². The number of hydrogen-bond acceptors (Lipinski definition) is 3. The van der Waals surface area contributed by atoms with Gasteiger partial charge in [-0.25, -0.2) is 4.39 Å². The van der Waals surface area contributed by atoms with Crippen molar-refractivity contribution in [1.29, 1.82) is 0 Å². The molecule has 1 N–H and O–H groups in total. The minimum atomic E-state index is -4.80. The van der Waals surface area contributed by atoms with Crippen LogP contribution in [0, 0.1) is 5.82 Å². The zero-order valence-electron chi connectivity index (χ0n) is 19.8. The minimum Gasteiger partial charge on any atom is -0.373 e. The van der Waals surface area contributed by atoms with Crippen LogP contribution in [-0.2, 0) is 24.1 Å². The van der Waals surface area contributed by atoms with E-state index in [1.165, 1.54) is 6.07 Å². The van der Waals surface area contributed by atoms with Gasteiger partial charge in [-0.1, -0.05) is 19.4 Å². The Morgan fingerprint density at radius 2 is 2.00 bits per heavy atom. The first-order valence-corrected chi connectivity index (χ1v) is 11.9. The first-order chi connectivity index (χ1) is 16.6. The Kier molecular flexibility index (Phi) is 7.21. The number of nitrogens with zero attached hydrogens (tertiary/aromatic N) is 2. The Bertz CT molecular complexity index is 1110. The van der Waals surface area contributed by atoms with Crippen molar-refractivity contribution in [1.82, 2.24) is 14.8 Å². The summed E-state index contributed by atoms with van der Waals surface area (Å²) in [6.45, 7) is 5.55. The highest BCUT2D eigenvalue weighted by molar-refractivity contribution is 6.01. The van der Waals surface area contributed by atoms with Crippen LogP contribution in [0.3, 0.4) is 0 Å². The summed E-state index contributed by atoms with van der Waals surface area (Å²) in [5.74, 6) is -1.99. The summed E-state index contributed by atoms with van der Waals surface area (Å²) in [5, 5.41) is 2.84. The highest BCUT2D eigenvalue weighted by Crippen LogP contribution is 2.33. The second kappa shape index (κ2) is 10.0. The highest BCUT2D eigenvalue weighted by atomic mass is 19.4. The van der Waals surface area contributed by atoms with Crippen LogP contribution >= 0.6 is 0 Å². The van der Waals surface area contributed by atoms with Gasteiger partial charge >= 0.3 is 6.18 Å². The molecule has 1 aromatic heterocycles. The number of likely N-dealkylation sites (tertiary alicyclic amines) is 1. The van der Waals surface area contributed by atoms with Crippen LogP contribution in [-0.4, -0.2) is 40.5 Å². The normalized spacial score (nSPS) is 18.9. The predicted molar refractivity (Wildman–Crippen MR) is 120 cm³/mol. The third-order valence-electron chi connectivity index (χ3n) is 6.77. The molecule has 3 heterocycles. The molecule has 0 saturated carbocycles. The number of halogens is 4. The van der Waals surface area contributed by atoms with Crippen molar-refractivity contribution in [3.8, 4) is 0 Å². The summed E-state index contributed by atoms with van der Waals surface area (Å²) in [6, 6.07) is 3.71. The van der Waals surface area contributed by atoms with Gasteiger partial charge in [-0.15, -0.1) is 0 Å². The Hall–Kier alpha value is -2.88. The van der Waals surface area contributed by atoms with Crippen LogP contribution in [0.2, 0.25) is 0 Å². The van der Waals surface area contributed by atoms with E-state index in [1.54, 1.807) is 6.07 Å². The molecule has 2 aromatic rings. The number of rotatable bonds is 6. The van der Waals surface area contributed by atoms with Gasteiger partial charge in [-0.3, -0.25) is 9.59 Å². The van der Waals surface area contributed by atoms with Gasteiger partial charge in [-0.05, 0) is 49.9 Å². The Morgan fingerprint density at radius 3 is 2.63 bits per heavy atom. The molecule has 0 radical (unpaired) electrons. The second-order valence-corrected chi connectivity index (χ2v) is 9.14.